The first-order valence-electron chi connectivity index (χ1n) is 10.6. The molecule has 0 heterocycles. The molecule has 0 amide bonds. The van der Waals surface area contributed by atoms with Crippen LogP contribution in [0.5, 0.6) is 17.2 Å². The zero-order chi connectivity index (χ0) is 24.0. The molecule has 0 saturated heterocycles. The van der Waals surface area contributed by atoms with Gasteiger partial charge in [-0.2, -0.15) is 0 Å². The van der Waals surface area contributed by atoms with Gasteiger partial charge >= 0.3 is 5.97 Å². The quantitative estimate of drug-likeness (QED) is 0.190. The molecule has 33 heavy (non-hydrogen) atoms. The topological polar surface area (TPSA) is 61.8 Å². The number of ketones is 1. The van der Waals surface area contributed by atoms with Crippen LogP contribution in [0, 0.1) is 0 Å². The number of hydrogen-bond acceptors (Lipinski definition) is 5. The van der Waals surface area contributed by atoms with Crippen molar-refractivity contribution >= 4 is 17.8 Å². The molecular weight excluding hydrogens is 416 g/mol. The van der Waals surface area contributed by atoms with Crippen molar-refractivity contribution in [2.45, 2.75) is 26.2 Å². The van der Waals surface area contributed by atoms with Crippen LogP contribution in [0.15, 0.2) is 72.8 Å². The minimum Gasteiger partial charge on any atom is -0.497 e. The molecule has 0 fully saturated rings. The van der Waals surface area contributed by atoms with E-state index in [1.165, 1.54) is 6.08 Å². The van der Waals surface area contributed by atoms with Crippen molar-refractivity contribution < 1.29 is 23.8 Å². The van der Waals surface area contributed by atoms with Crippen molar-refractivity contribution in [1.29, 1.82) is 0 Å². The Morgan fingerprint density at radius 1 is 0.758 bits per heavy atom. The van der Waals surface area contributed by atoms with Crippen molar-refractivity contribution in [1.82, 2.24) is 0 Å². The van der Waals surface area contributed by atoms with Crippen molar-refractivity contribution in [3.8, 4) is 17.2 Å². The smallest absolute Gasteiger partial charge is 0.343 e. The number of carbonyl (C=O) groups excluding carboxylic acids is 2. The van der Waals surface area contributed by atoms with E-state index in [0.717, 1.165) is 11.1 Å². The first kappa shape index (κ1) is 23.8. The van der Waals surface area contributed by atoms with Gasteiger partial charge in [0.2, 0.25) is 0 Å². The van der Waals surface area contributed by atoms with Crippen LogP contribution < -0.4 is 14.2 Å². The summed E-state index contributed by atoms with van der Waals surface area (Å²) >= 11 is 0. The summed E-state index contributed by atoms with van der Waals surface area (Å²) in [5.74, 6) is 1.05. The number of methoxy groups -OCH3 is 2. The second-order valence-corrected chi connectivity index (χ2v) is 8.55. The predicted molar refractivity (Wildman–Crippen MR) is 129 cm³/mol. The lowest BCUT2D eigenvalue weighted by molar-refractivity contribution is 0.0734. The van der Waals surface area contributed by atoms with Gasteiger partial charge in [-0.05, 0) is 77.7 Å². The Kier molecular flexibility index (Phi) is 7.34. The predicted octanol–water partition coefficient (Wildman–Crippen LogP) is 6.12. The van der Waals surface area contributed by atoms with E-state index in [-0.39, 0.29) is 11.2 Å². The number of rotatable bonds is 7. The molecule has 3 aromatic carbocycles. The monoisotopic (exact) mass is 444 g/mol. The van der Waals surface area contributed by atoms with Crippen molar-refractivity contribution in [2.75, 3.05) is 14.2 Å². The molecule has 0 bridgehead atoms. The first-order valence-corrected chi connectivity index (χ1v) is 10.6. The van der Waals surface area contributed by atoms with Gasteiger partial charge in [-0.3, -0.25) is 4.79 Å². The second kappa shape index (κ2) is 10.2. The molecule has 3 aromatic rings. The average Bonchev–Trinajstić information content (AvgIpc) is 2.82. The van der Waals surface area contributed by atoms with Gasteiger partial charge in [0.05, 0.1) is 19.8 Å². The van der Waals surface area contributed by atoms with E-state index in [1.807, 2.05) is 12.1 Å². The summed E-state index contributed by atoms with van der Waals surface area (Å²) in [6.07, 6.45) is 3.15. The molecule has 0 spiro atoms. The van der Waals surface area contributed by atoms with E-state index in [2.05, 4.69) is 20.8 Å². The summed E-state index contributed by atoms with van der Waals surface area (Å²) in [7, 11) is 3.15. The van der Waals surface area contributed by atoms with Crippen molar-refractivity contribution in [3.05, 3.63) is 95.1 Å². The lowest BCUT2D eigenvalue weighted by Gasteiger charge is -2.18. The van der Waals surface area contributed by atoms with Gasteiger partial charge in [-0.1, -0.05) is 32.9 Å². The molecule has 5 heteroatoms. The molecule has 3 rings (SSSR count). The van der Waals surface area contributed by atoms with E-state index in [0.29, 0.717) is 28.4 Å². The van der Waals surface area contributed by atoms with Crippen LogP contribution in [0.2, 0.25) is 0 Å². The van der Waals surface area contributed by atoms with Crippen LogP contribution in [0.25, 0.3) is 6.08 Å². The summed E-state index contributed by atoms with van der Waals surface area (Å²) in [5.41, 5.74) is 2.83. The van der Waals surface area contributed by atoms with Gasteiger partial charge < -0.3 is 14.2 Å². The van der Waals surface area contributed by atoms with Gasteiger partial charge in [0.15, 0.2) is 5.78 Å². The highest BCUT2D eigenvalue weighted by molar-refractivity contribution is 6.07. The Morgan fingerprint density at radius 3 is 1.94 bits per heavy atom. The minimum atomic E-state index is -0.445. The fraction of sp³-hybridized carbons (Fsp3) is 0.214. The van der Waals surface area contributed by atoms with Crippen LogP contribution in [-0.4, -0.2) is 26.0 Å². The van der Waals surface area contributed by atoms with Crippen LogP contribution in [0.3, 0.4) is 0 Å². The maximum absolute atomic E-state index is 12.6. The lowest BCUT2D eigenvalue weighted by Crippen LogP contribution is -2.13. The number of esters is 1. The average molecular weight is 445 g/mol. The van der Waals surface area contributed by atoms with Crippen LogP contribution in [-0.2, 0) is 5.41 Å². The highest BCUT2D eigenvalue weighted by Gasteiger charge is 2.15. The van der Waals surface area contributed by atoms with Gasteiger partial charge in [-0.15, -0.1) is 0 Å². The zero-order valence-corrected chi connectivity index (χ0v) is 19.5. The third kappa shape index (κ3) is 6.10. The Hall–Kier alpha value is -3.86. The van der Waals surface area contributed by atoms with Crippen LogP contribution >= 0.6 is 0 Å². The largest absolute Gasteiger partial charge is 0.497 e. The normalized spacial score (nSPS) is 11.3. The van der Waals surface area contributed by atoms with Gasteiger partial charge in [-0.25, -0.2) is 4.79 Å². The van der Waals surface area contributed by atoms with Gasteiger partial charge in [0.1, 0.15) is 17.2 Å². The highest BCUT2D eigenvalue weighted by Crippen LogP contribution is 2.26. The van der Waals surface area contributed by atoms with Gasteiger partial charge in [0, 0.05) is 11.1 Å². The Labute approximate surface area is 194 Å². The molecule has 0 aromatic heterocycles. The molecule has 0 aliphatic heterocycles. The second-order valence-electron chi connectivity index (χ2n) is 8.55. The summed E-state index contributed by atoms with van der Waals surface area (Å²) in [4.78, 5) is 25.0. The van der Waals surface area contributed by atoms with Crippen LogP contribution in [0.1, 0.15) is 52.6 Å². The third-order valence-electron chi connectivity index (χ3n) is 5.19. The summed E-state index contributed by atoms with van der Waals surface area (Å²) in [5, 5.41) is 0. The molecule has 0 N–H and O–H groups in total. The van der Waals surface area contributed by atoms with E-state index < -0.39 is 5.97 Å². The Bertz CT molecular complexity index is 1150. The first-order chi connectivity index (χ1) is 15.7. The Morgan fingerprint density at radius 2 is 1.36 bits per heavy atom. The molecular formula is C28H28O5. The molecule has 0 saturated carbocycles. The fourth-order valence-electron chi connectivity index (χ4n) is 3.19. The van der Waals surface area contributed by atoms with Crippen molar-refractivity contribution in [2.24, 2.45) is 0 Å². The number of ether oxygens (including phenoxy) is 3. The summed E-state index contributed by atoms with van der Waals surface area (Å²) < 4.78 is 16.0. The molecule has 5 nitrogen and oxygen atoms in total. The van der Waals surface area contributed by atoms with E-state index in [9.17, 15) is 9.59 Å². The molecule has 0 radical (unpaired) electrons. The number of allylic oxidation sites excluding steroid dienone is 1. The number of carbonyl (C=O) groups is 2. The van der Waals surface area contributed by atoms with E-state index in [1.54, 1.807) is 74.9 Å². The minimum absolute atomic E-state index is 0.0109. The summed E-state index contributed by atoms with van der Waals surface area (Å²) in [6.45, 7) is 6.35. The number of benzene rings is 3. The van der Waals surface area contributed by atoms with Gasteiger partial charge in [0.25, 0.3) is 0 Å². The van der Waals surface area contributed by atoms with E-state index in [4.69, 9.17) is 14.2 Å². The third-order valence-corrected chi connectivity index (χ3v) is 5.19. The summed E-state index contributed by atoms with van der Waals surface area (Å²) in [6, 6.07) is 19.2. The SMILES string of the molecule is COc1ccc(OC)c(/C=C/C(=O)c2ccc(OC(=O)c3ccc(C(C)(C)C)cc3)cc2)c1. The molecule has 0 aliphatic rings. The number of hydrogen-bond donors (Lipinski definition) is 0. The molecule has 170 valence electrons. The molecule has 0 aliphatic carbocycles. The highest BCUT2D eigenvalue weighted by atomic mass is 16.5. The lowest BCUT2D eigenvalue weighted by atomic mass is 9.87. The zero-order valence-electron chi connectivity index (χ0n) is 19.5. The molecule has 0 unspecified atom stereocenters. The fourth-order valence-corrected chi connectivity index (χ4v) is 3.19. The maximum atomic E-state index is 12.6. The molecule has 0 atom stereocenters. The standard InChI is InChI=1S/C28H28O5/c1-28(2,3)22-11-6-20(7-12-22)27(30)33-23-13-8-19(9-14-23)25(29)16-10-21-18-24(31-4)15-17-26(21)32-5/h6-18H,1-5H3/b16-10+. The van der Waals surface area contributed by atoms with Crippen LogP contribution in [0.4, 0.5) is 0 Å². The van der Waals surface area contributed by atoms with E-state index >= 15 is 0 Å². The maximum Gasteiger partial charge on any atom is 0.343 e. The van der Waals surface area contributed by atoms with Crippen molar-refractivity contribution in [3.63, 3.8) is 0 Å². The Balaban J connectivity index is 1.67.